The molecule has 2 atom stereocenters. The van der Waals surface area contributed by atoms with Gasteiger partial charge in [0.2, 0.25) is 5.91 Å². The van der Waals surface area contributed by atoms with Crippen molar-refractivity contribution in [1.29, 1.82) is 0 Å². The number of methoxy groups -OCH3 is 1. The van der Waals surface area contributed by atoms with Crippen molar-refractivity contribution in [2.45, 2.75) is 45.3 Å². The molecule has 1 saturated heterocycles. The molecule has 1 fully saturated rings. The summed E-state index contributed by atoms with van der Waals surface area (Å²) < 4.78 is 12.9. The number of aryl methyl sites for hydroxylation is 1. The maximum Gasteiger partial charge on any atom is 0.410 e. The number of carbonyl (C=O) groups excluding carboxylic acids is 2. The Morgan fingerprint density at radius 1 is 1.26 bits per heavy atom. The number of benzene rings is 1. The summed E-state index contributed by atoms with van der Waals surface area (Å²) in [5.41, 5.74) is 0.256. The highest BCUT2D eigenvalue weighted by Crippen LogP contribution is 2.30. The Labute approximate surface area is 183 Å². The van der Waals surface area contributed by atoms with Crippen LogP contribution in [0.4, 0.5) is 4.79 Å². The summed E-state index contributed by atoms with van der Waals surface area (Å²) in [6.07, 6.45) is 4.63. The first-order chi connectivity index (χ1) is 14.7. The molecule has 2 aromatic rings. The molecular formula is C23H32N4O4. The van der Waals surface area contributed by atoms with Crippen LogP contribution >= 0.6 is 0 Å². The molecular weight excluding hydrogens is 396 g/mol. The minimum Gasteiger partial charge on any atom is -0.496 e. The van der Waals surface area contributed by atoms with Crippen molar-refractivity contribution in [1.82, 2.24) is 19.8 Å². The van der Waals surface area contributed by atoms with Crippen LogP contribution in [-0.2, 0) is 16.6 Å². The number of carbonyl (C=O) groups is 2. The smallest absolute Gasteiger partial charge is 0.410 e. The molecule has 0 saturated carbocycles. The quantitative estimate of drug-likeness (QED) is 0.790. The molecule has 3 rings (SSSR count). The van der Waals surface area contributed by atoms with Gasteiger partial charge in [0.05, 0.1) is 13.0 Å². The first-order valence-electron chi connectivity index (χ1n) is 10.6. The number of hydrogen-bond donors (Lipinski definition) is 1. The van der Waals surface area contributed by atoms with E-state index in [0.29, 0.717) is 31.1 Å². The second kappa shape index (κ2) is 9.41. The van der Waals surface area contributed by atoms with E-state index >= 15 is 0 Å². The third-order valence-corrected chi connectivity index (χ3v) is 5.30. The van der Waals surface area contributed by atoms with Crippen LogP contribution in [0.15, 0.2) is 36.7 Å². The molecule has 2 heterocycles. The van der Waals surface area contributed by atoms with Gasteiger partial charge in [-0.1, -0.05) is 18.2 Å². The van der Waals surface area contributed by atoms with Crippen molar-refractivity contribution in [3.63, 3.8) is 0 Å². The van der Waals surface area contributed by atoms with Crippen molar-refractivity contribution in [3.8, 4) is 5.75 Å². The lowest BCUT2D eigenvalue weighted by Crippen LogP contribution is -2.47. The number of likely N-dealkylation sites (tertiary alicyclic amines) is 1. The summed E-state index contributed by atoms with van der Waals surface area (Å²) in [7, 11) is 3.50. The fraction of sp³-hybridized carbons (Fsp3) is 0.522. The average Bonchev–Trinajstić information content (AvgIpc) is 3.16. The Morgan fingerprint density at radius 2 is 2.00 bits per heavy atom. The lowest BCUT2D eigenvalue weighted by atomic mass is 9.96. The van der Waals surface area contributed by atoms with Crippen molar-refractivity contribution in [2.24, 2.45) is 13.0 Å². The molecule has 8 heteroatoms. The van der Waals surface area contributed by atoms with Gasteiger partial charge in [0, 0.05) is 38.1 Å². The van der Waals surface area contributed by atoms with Crippen LogP contribution in [-0.4, -0.2) is 52.3 Å². The minimum absolute atomic E-state index is 0.118. The van der Waals surface area contributed by atoms with E-state index in [9.17, 15) is 9.59 Å². The summed E-state index contributed by atoms with van der Waals surface area (Å²) in [5, 5.41) is 3.15. The molecule has 8 nitrogen and oxygen atoms in total. The molecule has 0 unspecified atom stereocenters. The number of nitrogens with zero attached hydrogens (tertiary/aromatic N) is 3. The van der Waals surface area contributed by atoms with Crippen molar-refractivity contribution >= 4 is 12.0 Å². The summed E-state index contributed by atoms with van der Waals surface area (Å²) in [6, 6.07) is 7.11. The van der Waals surface area contributed by atoms with E-state index in [0.717, 1.165) is 12.0 Å². The van der Waals surface area contributed by atoms with Crippen LogP contribution in [0.3, 0.4) is 0 Å². The van der Waals surface area contributed by atoms with Gasteiger partial charge in [0.25, 0.3) is 0 Å². The van der Waals surface area contributed by atoms with E-state index in [4.69, 9.17) is 9.47 Å². The normalized spacial score (nSPS) is 17.7. The third-order valence-electron chi connectivity index (χ3n) is 5.30. The number of rotatable bonds is 5. The van der Waals surface area contributed by atoms with Gasteiger partial charge in [-0.05, 0) is 39.7 Å². The van der Waals surface area contributed by atoms with Crippen LogP contribution in [0.25, 0.3) is 0 Å². The number of nitrogens with one attached hydrogen (secondary N) is 1. The zero-order valence-corrected chi connectivity index (χ0v) is 18.9. The monoisotopic (exact) mass is 428 g/mol. The van der Waals surface area contributed by atoms with Crippen molar-refractivity contribution in [3.05, 3.63) is 48.0 Å². The predicted octanol–water partition coefficient (Wildman–Crippen LogP) is 3.28. The van der Waals surface area contributed by atoms with E-state index in [1.807, 2.05) is 62.8 Å². The Kier molecular flexibility index (Phi) is 6.87. The van der Waals surface area contributed by atoms with Gasteiger partial charge in [-0.25, -0.2) is 9.78 Å². The van der Waals surface area contributed by atoms with Gasteiger partial charge in [0.1, 0.15) is 23.2 Å². The van der Waals surface area contributed by atoms with Gasteiger partial charge in [-0.3, -0.25) is 4.79 Å². The molecule has 168 valence electrons. The number of aromatic nitrogens is 2. The van der Waals surface area contributed by atoms with E-state index in [1.54, 1.807) is 18.2 Å². The maximum absolute atomic E-state index is 13.3. The Hall–Kier alpha value is -3.03. The standard InChI is InChI=1S/C23H32N4O4/c1-23(2,3)31-22(29)27-13-8-9-16(15-27)21(28)25-19(20-24-12-14-26(20)4)17-10-6-7-11-18(17)30-5/h6-7,10-12,14,16,19H,8-9,13,15H2,1-5H3,(H,25,28)/t16-,19+/m0/s1. The topological polar surface area (TPSA) is 85.7 Å². The second-order valence-electron chi connectivity index (χ2n) is 8.85. The summed E-state index contributed by atoms with van der Waals surface area (Å²) in [5.74, 6) is 0.943. The highest BCUT2D eigenvalue weighted by molar-refractivity contribution is 5.81. The molecule has 1 N–H and O–H groups in total. The van der Waals surface area contributed by atoms with Crippen molar-refractivity contribution < 1.29 is 19.1 Å². The summed E-state index contributed by atoms with van der Waals surface area (Å²) in [6.45, 7) is 6.44. The molecule has 1 aromatic carbocycles. The first-order valence-corrected chi connectivity index (χ1v) is 10.6. The fourth-order valence-corrected chi connectivity index (χ4v) is 3.79. The van der Waals surface area contributed by atoms with Gasteiger partial charge >= 0.3 is 6.09 Å². The highest BCUT2D eigenvalue weighted by atomic mass is 16.6. The van der Waals surface area contributed by atoms with Gasteiger partial charge in [-0.15, -0.1) is 0 Å². The van der Waals surface area contributed by atoms with Crippen LogP contribution in [0, 0.1) is 5.92 Å². The van der Waals surface area contributed by atoms with Crippen LogP contribution < -0.4 is 10.1 Å². The Balaban J connectivity index is 1.79. The minimum atomic E-state index is -0.570. The molecule has 1 aromatic heterocycles. The lowest BCUT2D eigenvalue weighted by molar-refractivity contribution is -0.127. The molecule has 0 bridgehead atoms. The largest absolute Gasteiger partial charge is 0.496 e. The van der Waals surface area contributed by atoms with Gasteiger partial charge < -0.3 is 24.3 Å². The molecule has 2 amide bonds. The Bertz CT molecular complexity index is 918. The highest BCUT2D eigenvalue weighted by Gasteiger charge is 2.33. The SMILES string of the molecule is COc1ccccc1[C@@H](NC(=O)[C@H]1CCCN(C(=O)OC(C)(C)C)C1)c1nccn1C. The van der Waals surface area contributed by atoms with Crippen LogP contribution in [0.2, 0.25) is 0 Å². The van der Waals surface area contributed by atoms with Gasteiger partial charge in [0.15, 0.2) is 0 Å². The first kappa shape index (κ1) is 22.7. The number of imidazole rings is 1. The second-order valence-corrected chi connectivity index (χ2v) is 8.85. The maximum atomic E-state index is 13.3. The van der Waals surface area contributed by atoms with Gasteiger partial charge in [-0.2, -0.15) is 0 Å². The van der Waals surface area contributed by atoms with E-state index in [-0.39, 0.29) is 17.9 Å². The zero-order valence-electron chi connectivity index (χ0n) is 18.9. The molecule has 0 radical (unpaired) electrons. The van der Waals surface area contributed by atoms with Crippen LogP contribution in [0.1, 0.15) is 51.0 Å². The zero-order chi connectivity index (χ0) is 22.6. The number of ether oxygens (including phenoxy) is 2. The molecule has 0 aliphatic carbocycles. The van der Waals surface area contributed by atoms with E-state index < -0.39 is 11.6 Å². The lowest BCUT2D eigenvalue weighted by Gasteiger charge is -2.34. The molecule has 1 aliphatic rings. The number of para-hydroxylation sites is 1. The van der Waals surface area contributed by atoms with Crippen LogP contribution in [0.5, 0.6) is 5.75 Å². The average molecular weight is 429 g/mol. The molecule has 1 aliphatic heterocycles. The van der Waals surface area contributed by atoms with E-state index in [2.05, 4.69) is 10.3 Å². The van der Waals surface area contributed by atoms with E-state index in [1.165, 1.54) is 0 Å². The predicted molar refractivity (Wildman–Crippen MR) is 117 cm³/mol. The van der Waals surface area contributed by atoms with Crippen molar-refractivity contribution in [2.75, 3.05) is 20.2 Å². The number of hydrogen-bond acceptors (Lipinski definition) is 5. The molecule has 31 heavy (non-hydrogen) atoms. The molecule has 0 spiro atoms. The Morgan fingerprint density at radius 3 is 2.65 bits per heavy atom. The summed E-state index contributed by atoms with van der Waals surface area (Å²) in [4.78, 5) is 31.8. The third kappa shape index (κ3) is 5.57. The number of piperidine rings is 1. The summed E-state index contributed by atoms with van der Waals surface area (Å²) >= 11 is 0. The fourth-order valence-electron chi connectivity index (χ4n) is 3.79. The number of amides is 2.